The molecular weight excluding hydrogens is 370 g/mol. The Morgan fingerprint density at radius 3 is 2.55 bits per heavy atom. The zero-order valence-corrected chi connectivity index (χ0v) is 13.4. The quantitative estimate of drug-likeness (QED) is 0.482. The molecule has 1 unspecified atom stereocenters. The number of hydrogen-bond donors (Lipinski definition) is 2. The average molecular weight is 386 g/mol. The fourth-order valence-electron chi connectivity index (χ4n) is 2.16. The molecule has 0 radical (unpaired) electrons. The third-order valence-electron chi connectivity index (χ3n) is 3.14. The van der Waals surface area contributed by atoms with Gasteiger partial charge >= 0.3 is 0 Å². The number of benzene rings is 2. The van der Waals surface area contributed by atoms with Crippen molar-refractivity contribution in [2.75, 3.05) is 7.11 Å². The Morgan fingerprint density at radius 2 is 1.95 bits per heavy atom. The second kappa shape index (κ2) is 6.51. The molecule has 0 aliphatic carbocycles. The van der Waals surface area contributed by atoms with E-state index in [9.17, 15) is 4.39 Å². The van der Waals surface area contributed by atoms with E-state index in [4.69, 9.17) is 10.6 Å². The largest absolute Gasteiger partial charge is 0.496 e. The van der Waals surface area contributed by atoms with Crippen LogP contribution in [-0.2, 0) is 0 Å². The Hall–Kier alpha value is -1.18. The van der Waals surface area contributed by atoms with Crippen LogP contribution in [0.15, 0.2) is 36.4 Å². The van der Waals surface area contributed by atoms with Crippen molar-refractivity contribution in [2.24, 2.45) is 5.84 Å². The molecule has 3 nitrogen and oxygen atoms in total. The van der Waals surface area contributed by atoms with Crippen molar-refractivity contribution in [3.05, 3.63) is 62.5 Å². The third-order valence-corrected chi connectivity index (χ3v) is 4.07. The predicted molar refractivity (Wildman–Crippen MR) is 86.0 cm³/mol. The van der Waals surface area contributed by atoms with Gasteiger partial charge in [-0.25, -0.2) is 9.82 Å². The summed E-state index contributed by atoms with van der Waals surface area (Å²) >= 11 is 2.11. The van der Waals surface area contributed by atoms with Crippen molar-refractivity contribution in [1.29, 1.82) is 0 Å². The Kier molecular flexibility index (Phi) is 4.95. The Morgan fingerprint density at radius 1 is 1.20 bits per heavy atom. The molecule has 2 aromatic carbocycles. The molecule has 106 valence electrons. The lowest BCUT2D eigenvalue weighted by atomic mass is 9.97. The van der Waals surface area contributed by atoms with Crippen LogP contribution in [0.4, 0.5) is 4.39 Å². The molecule has 0 amide bonds. The number of rotatable bonds is 4. The number of aryl methyl sites for hydroxylation is 1. The first kappa shape index (κ1) is 15.2. The number of nitrogens with two attached hydrogens (primary N) is 1. The minimum atomic E-state index is -0.259. The monoisotopic (exact) mass is 386 g/mol. The van der Waals surface area contributed by atoms with E-state index in [1.54, 1.807) is 13.2 Å². The average Bonchev–Trinajstić information content (AvgIpc) is 2.42. The molecule has 0 aliphatic heterocycles. The van der Waals surface area contributed by atoms with Crippen molar-refractivity contribution in [2.45, 2.75) is 13.0 Å². The van der Waals surface area contributed by atoms with Gasteiger partial charge in [-0.1, -0.05) is 23.8 Å². The minimum absolute atomic E-state index is 0.252. The van der Waals surface area contributed by atoms with E-state index in [0.717, 1.165) is 26.0 Å². The molecule has 0 aliphatic rings. The number of halogens is 2. The maximum atomic E-state index is 13.2. The normalized spacial score (nSPS) is 12.2. The summed E-state index contributed by atoms with van der Waals surface area (Å²) in [6.45, 7) is 2.01. The summed E-state index contributed by atoms with van der Waals surface area (Å²) in [5.74, 6) is 6.20. The van der Waals surface area contributed by atoms with E-state index in [-0.39, 0.29) is 11.9 Å². The lowest BCUT2D eigenvalue weighted by molar-refractivity contribution is 0.404. The van der Waals surface area contributed by atoms with Crippen molar-refractivity contribution in [3.8, 4) is 5.75 Å². The molecule has 3 N–H and O–H groups in total. The van der Waals surface area contributed by atoms with Gasteiger partial charge in [0.2, 0.25) is 0 Å². The van der Waals surface area contributed by atoms with Gasteiger partial charge in [0.05, 0.1) is 13.2 Å². The zero-order valence-electron chi connectivity index (χ0n) is 11.3. The highest BCUT2D eigenvalue weighted by Gasteiger charge is 2.19. The highest BCUT2D eigenvalue weighted by atomic mass is 127. The number of nitrogens with one attached hydrogen (secondary N) is 1. The highest BCUT2D eigenvalue weighted by Crippen LogP contribution is 2.32. The lowest BCUT2D eigenvalue weighted by Crippen LogP contribution is -2.29. The summed E-state index contributed by atoms with van der Waals surface area (Å²) < 4.78 is 19.5. The molecule has 0 heterocycles. The summed E-state index contributed by atoms with van der Waals surface area (Å²) in [5.41, 5.74) is 5.74. The van der Waals surface area contributed by atoms with Gasteiger partial charge < -0.3 is 4.74 Å². The summed E-state index contributed by atoms with van der Waals surface area (Å²) in [6, 6.07) is 10.3. The van der Waals surface area contributed by atoms with Gasteiger partial charge in [-0.05, 0) is 53.3 Å². The van der Waals surface area contributed by atoms with E-state index in [1.165, 1.54) is 12.1 Å². The molecule has 2 aromatic rings. The van der Waals surface area contributed by atoms with Crippen LogP contribution >= 0.6 is 22.6 Å². The van der Waals surface area contributed by atoms with Gasteiger partial charge in [-0.15, -0.1) is 0 Å². The van der Waals surface area contributed by atoms with Gasteiger partial charge in [0, 0.05) is 9.13 Å². The first-order valence-electron chi connectivity index (χ1n) is 6.12. The van der Waals surface area contributed by atoms with E-state index in [1.807, 2.05) is 25.1 Å². The molecule has 0 saturated carbocycles. The van der Waals surface area contributed by atoms with E-state index < -0.39 is 0 Å². The first-order valence-corrected chi connectivity index (χ1v) is 7.20. The molecule has 0 saturated heterocycles. The summed E-state index contributed by atoms with van der Waals surface area (Å²) in [6.07, 6.45) is 0. The highest BCUT2D eigenvalue weighted by molar-refractivity contribution is 14.1. The zero-order chi connectivity index (χ0) is 14.7. The molecule has 0 bridgehead atoms. The van der Waals surface area contributed by atoms with Crippen LogP contribution in [0.3, 0.4) is 0 Å². The van der Waals surface area contributed by atoms with Crippen LogP contribution in [0.25, 0.3) is 0 Å². The molecule has 2 rings (SSSR count). The molecule has 20 heavy (non-hydrogen) atoms. The smallest absolute Gasteiger partial charge is 0.124 e. The van der Waals surface area contributed by atoms with Gasteiger partial charge in [0.15, 0.2) is 0 Å². The van der Waals surface area contributed by atoms with Crippen molar-refractivity contribution < 1.29 is 9.13 Å². The van der Waals surface area contributed by atoms with E-state index in [2.05, 4.69) is 28.0 Å². The SMILES string of the molecule is COc1ccc(C)cc1C(NN)c1ccc(F)cc1I. The maximum Gasteiger partial charge on any atom is 0.124 e. The van der Waals surface area contributed by atoms with Gasteiger partial charge in [-0.3, -0.25) is 5.84 Å². The van der Waals surface area contributed by atoms with Crippen LogP contribution in [-0.4, -0.2) is 7.11 Å². The van der Waals surface area contributed by atoms with Gasteiger partial charge in [0.1, 0.15) is 11.6 Å². The van der Waals surface area contributed by atoms with E-state index in [0.29, 0.717) is 0 Å². The molecule has 0 aromatic heterocycles. The summed E-state index contributed by atoms with van der Waals surface area (Å²) in [4.78, 5) is 0. The number of methoxy groups -OCH3 is 1. The van der Waals surface area contributed by atoms with Gasteiger partial charge in [-0.2, -0.15) is 0 Å². The van der Waals surface area contributed by atoms with E-state index >= 15 is 0 Å². The Bertz CT molecular complexity index is 619. The van der Waals surface area contributed by atoms with Crippen LogP contribution in [0.5, 0.6) is 5.75 Å². The fraction of sp³-hybridized carbons (Fsp3) is 0.200. The van der Waals surface area contributed by atoms with Gasteiger partial charge in [0.25, 0.3) is 0 Å². The molecular formula is C15H16FIN2O. The fourth-order valence-corrected chi connectivity index (χ4v) is 2.95. The molecule has 0 spiro atoms. The second-order valence-corrected chi connectivity index (χ2v) is 5.67. The lowest BCUT2D eigenvalue weighted by Gasteiger charge is -2.21. The number of hydrazine groups is 1. The standard InChI is InChI=1S/C15H16FIN2O/c1-9-3-6-14(20-2)12(7-9)15(19-18)11-5-4-10(16)8-13(11)17/h3-8,15,19H,18H2,1-2H3. The van der Waals surface area contributed by atoms with Crippen LogP contribution in [0, 0.1) is 16.3 Å². The van der Waals surface area contributed by atoms with Crippen molar-refractivity contribution >= 4 is 22.6 Å². The second-order valence-electron chi connectivity index (χ2n) is 4.51. The Balaban J connectivity index is 2.54. The molecule has 1 atom stereocenters. The maximum absolute atomic E-state index is 13.2. The van der Waals surface area contributed by atoms with Crippen molar-refractivity contribution in [1.82, 2.24) is 5.43 Å². The van der Waals surface area contributed by atoms with Crippen molar-refractivity contribution in [3.63, 3.8) is 0 Å². The van der Waals surface area contributed by atoms with Crippen LogP contribution < -0.4 is 16.0 Å². The summed E-state index contributed by atoms with van der Waals surface area (Å²) in [5, 5.41) is 0. The molecule has 0 fully saturated rings. The number of hydrogen-bond acceptors (Lipinski definition) is 3. The van der Waals surface area contributed by atoms with Crippen LogP contribution in [0.2, 0.25) is 0 Å². The minimum Gasteiger partial charge on any atom is -0.496 e. The number of ether oxygens (including phenoxy) is 1. The summed E-state index contributed by atoms with van der Waals surface area (Å²) in [7, 11) is 1.62. The molecule has 5 heteroatoms. The Labute approximate surface area is 131 Å². The third kappa shape index (κ3) is 3.11. The predicted octanol–water partition coefficient (Wildman–Crippen LogP) is 3.30. The first-order chi connectivity index (χ1) is 9.56. The topological polar surface area (TPSA) is 47.3 Å². The van der Waals surface area contributed by atoms with Crippen LogP contribution in [0.1, 0.15) is 22.7 Å².